The smallest absolute Gasteiger partial charge is 0.342 e. The second kappa shape index (κ2) is 10.9. The van der Waals surface area contributed by atoms with E-state index in [2.05, 4.69) is 41.5 Å². The van der Waals surface area contributed by atoms with Gasteiger partial charge in [-0.1, -0.05) is 55.4 Å². The molecule has 0 aliphatic carbocycles. The van der Waals surface area contributed by atoms with Gasteiger partial charge in [0.25, 0.3) is 8.32 Å². The summed E-state index contributed by atoms with van der Waals surface area (Å²) in [5.74, 6) is 0.962. The van der Waals surface area contributed by atoms with Gasteiger partial charge in [-0.2, -0.15) is 0 Å². The van der Waals surface area contributed by atoms with Crippen LogP contribution in [0.3, 0.4) is 0 Å². The largest absolute Gasteiger partial charge is 0.542 e. The molecule has 168 valence electrons. The van der Waals surface area contributed by atoms with Crippen LogP contribution < -0.4 is 4.43 Å². The van der Waals surface area contributed by atoms with Crippen molar-refractivity contribution >= 4 is 28.0 Å². The second-order valence-electron chi connectivity index (χ2n) is 9.00. The third-order valence-electron chi connectivity index (χ3n) is 6.06. The summed E-state index contributed by atoms with van der Waals surface area (Å²) >= 11 is 1.00. The Morgan fingerprint density at radius 1 is 0.966 bits per heavy atom. The molecule has 0 heterocycles. The van der Waals surface area contributed by atoms with Crippen LogP contribution in [0, 0.1) is 13.8 Å². The lowest BCUT2D eigenvalue weighted by molar-refractivity contribution is 0.380. The van der Waals surface area contributed by atoms with Gasteiger partial charge < -0.3 is 9.32 Å². The van der Waals surface area contributed by atoms with E-state index < -0.39 is 15.9 Å². The molecule has 0 aliphatic rings. The standard InChI is InChI=1S/C22H41O4PSSi/c1-11-20(12-2)27(23,24)26-28-21-13-18(9)22(19(10)14-21)25-29(15(3)4,16(5)6)17(7)8/h13-17,20H,11-12H2,1-10H3,(H,23,24). The van der Waals surface area contributed by atoms with Crippen molar-refractivity contribution in [3.63, 3.8) is 0 Å². The summed E-state index contributed by atoms with van der Waals surface area (Å²) in [6.07, 6.45) is 1.25. The minimum atomic E-state index is -3.64. The molecule has 0 bridgehead atoms. The summed E-state index contributed by atoms with van der Waals surface area (Å²) in [5.41, 5.74) is 3.27. The summed E-state index contributed by atoms with van der Waals surface area (Å²) in [6.45, 7) is 21.6. The molecule has 29 heavy (non-hydrogen) atoms. The van der Waals surface area contributed by atoms with Crippen molar-refractivity contribution in [2.24, 2.45) is 0 Å². The third kappa shape index (κ3) is 6.13. The normalized spacial score (nSPS) is 14.9. The zero-order valence-corrected chi connectivity index (χ0v) is 22.6. The molecule has 0 fully saturated rings. The number of hydrogen-bond acceptors (Lipinski definition) is 4. The van der Waals surface area contributed by atoms with E-state index in [1.165, 1.54) is 0 Å². The Morgan fingerprint density at radius 3 is 1.72 bits per heavy atom. The van der Waals surface area contributed by atoms with E-state index >= 15 is 0 Å². The highest BCUT2D eigenvalue weighted by atomic mass is 32.2. The summed E-state index contributed by atoms with van der Waals surface area (Å²) in [4.78, 5) is 11.1. The van der Waals surface area contributed by atoms with Crippen molar-refractivity contribution < 1.29 is 17.9 Å². The molecule has 1 aromatic carbocycles. The maximum absolute atomic E-state index is 12.5. The van der Waals surface area contributed by atoms with Gasteiger partial charge in [0, 0.05) is 16.9 Å². The number of aryl methyl sites for hydroxylation is 2. The molecule has 0 aromatic heterocycles. The van der Waals surface area contributed by atoms with Crippen LogP contribution in [0.2, 0.25) is 16.6 Å². The van der Waals surface area contributed by atoms with Crippen LogP contribution in [-0.4, -0.2) is 18.9 Å². The van der Waals surface area contributed by atoms with E-state index in [0.29, 0.717) is 29.5 Å². The van der Waals surface area contributed by atoms with E-state index in [4.69, 9.17) is 8.40 Å². The topological polar surface area (TPSA) is 55.8 Å². The first-order valence-electron chi connectivity index (χ1n) is 10.8. The molecular weight excluding hydrogens is 419 g/mol. The number of rotatable bonds is 11. The zero-order valence-electron chi connectivity index (χ0n) is 19.9. The van der Waals surface area contributed by atoms with Gasteiger partial charge in [-0.3, -0.25) is 4.57 Å². The van der Waals surface area contributed by atoms with Crippen LogP contribution >= 0.6 is 19.6 Å². The van der Waals surface area contributed by atoms with Crippen LogP contribution in [-0.2, 0) is 8.54 Å². The Morgan fingerprint density at radius 2 is 1.38 bits per heavy atom. The van der Waals surface area contributed by atoms with Gasteiger partial charge in [0.2, 0.25) is 0 Å². The summed E-state index contributed by atoms with van der Waals surface area (Å²) < 4.78 is 24.8. The van der Waals surface area contributed by atoms with Gasteiger partial charge in [-0.25, -0.2) is 3.97 Å². The highest BCUT2D eigenvalue weighted by Gasteiger charge is 2.47. The molecule has 0 saturated heterocycles. The zero-order chi connectivity index (χ0) is 22.6. The third-order valence-corrected chi connectivity index (χ3v) is 15.3. The molecule has 0 aliphatic heterocycles. The second-order valence-corrected chi connectivity index (χ2v) is 17.5. The average Bonchev–Trinajstić information content (AvgIpc) is 2.59. The van der Waals surface area contributed by atoms with Crippen LogP contribution in [0.25, 0.3) is 0 Å². The highest BCUT2D eigenvalue weighted by Crippen LogP contribution is 2.55. The Labute approximate surface area is 184 Å². The quantitative estimate of drug-likeness (QED) is 0.205. The number of benzene rings is 1. The predicted molar refractivity (Wildman–Crippen MR) is 129 cm³/mol. The fraction of sp³-hybridized carbons (Fsp3) is 0.727. The van der Waals surface area contributed by atoms with Crippen molar-refractivity contribution in [1.82, 2.24) is 0 Å². The van der Waals surface area contributed by atoms with Crippen molar-refractivity contribution in [1.29, 1.82) is 0 Å². The van der Waals surface area contributed by atoms with Gasteiger partial charge in [0.05, 0.1) is 5.66 Å². The van der Waals surface area contributed by atoms with Crippen molar-refractivity contribution in [2.45, 2.75) is 109 Å². The molecular formula is C22H41O4PSSi. The maximum atomic E-state index is 12.5. The van der Waals surface area contributed by atoms with E-state index in [1.807, 2.05) is 39.8 Å². The van der Waals surface area contributed by atoms with Crippen molar-refractivity contribution in [3.05, 3.63) is 23.3 Å². The molecule has 0 amide bonds. The van der Waals surface area contributed by atoms with E-state index in [-0.39, 0.29) is 5.66 Å². The first-order valence-corrected chi connectivity index (χ1v) is 15.3. The number of hydrogen-bond donors (Lipinski definition) is 1. The lowest BCUT2D eigenvalue weighted by Gasteiger charge is -2.43. The SMILES string of the molecule is CCC(CC)P(=O)(O)OSc1cc(C)c(O[Si](C(C)C)(C(C)C)C(C)C)c(C)c1. The predicted octanol–water partition coefficient (Wildman–Crippen LogP) is 8.26. The summed E-state index contributed by atoms with van der Waals surface area (Å²) in [6, 6.07) is 4.00. The molecule has 1 unspecified atom stereocenters. The molecule has 4 nitrogen and oxygen atoms in total. The first kappa shape index (κ1) is 26.8. The minimum Gasteiger partial charge on any atom is -0.542 e. The first-order chi connectivity index (χ1) is 13.3. The van der Waals surface area contributed by atoms with Gasteiger partial charge in [-0.15, -0.1) is 0 Å². The van der Waals surface area contributed by atoms with Gasteiger partial charge in [0.1, 0.15) is 5.75 Å². The molecule has 1 aromatic rings. The van der Waals surface area contributed by atoms with Gasteiger partial charge >= 0.3 is 7.60 Å². The van der Waals surface area contributed by atoms with Crippen LogP contribution in [0.1, 0.15) is 79.4 Å². The lowest BCUT2D eigenvalue weighted by atomic mass is 10.1. The molecule has 0 radical (unpaired) electrons. The average molecular weight is 461 g/mol. The molecule has 0 spiro atoms. The monoisotopic (exact) mass is 460 g/mol. The lowest BCUT2D eigenvalue weighted by Crippen LogP contribution is -2.51. The van der Waals surface area contributed by atoms with Crippen LogP contribution in [0.5, 0.6) is 5.75 Å². The summed E-state index contributed by atoms with van der Waals surface area (Å²) in [5, 5.41) is 0. The van der Waals surface area contributed by atoms with E-state index in [9.17, 15) is 9.46 Å². The fourth-order valence-electron chi connectivity index (χ4n) is 4.56. The molecule has 1 rings (SSSR count). The summed E-state index contributed by atoms with van der Waals surface area (Å²) in [7, 11) is -5.69. The van der Waals surface area contributed by atoms with Crippen molar-refractivity contribution in [2.75, 3.05) is 0 Å². The fourth-order valence-corrected chi connectivity index (χ4v) is 12.6. The molecule has 0 saturated carbocycles. The Bertz CT molecular complexity index is 672. The molecule has 1 atom stereocenters. The molecule has 7 heteroatoms. The van der Waals surface area contributed by atoms with E-state index in [0.717, 1.165) is 33.8 Å². The highest BCUT2D eigenvalue weighted by molar-refractivity contribution is 7.98. The Hall–Kier alpha value is -0.263. The Kier molecular flexibility index (Phi) is 10.0. The Balaban J connectivity index is 3.16. The minimum absolute atomic E-state index is 0.324. The van der Waals surface area contributed by atoms with Gasteiger partial charge in [-0.05, 0) is 66.6 Å². The van der Waals surface area contributed by atoms with Crippen LogP contribution in [0.4, 0.5) is 0 Å². The maximum Gasteiger partial charge on any atom is 0.342 e. The van der Waals surface area contributed by atoms with Gasteiger partial charge in [0.15, 0.2) is 0 Å². The van der Waals surface area contributed by atoms with E-state index in [1.54, 1.807) is 0 Å². The van der Waals surface area contributed by atoms with Crippen LogP contribution in [0.15, 0.2) is 17.0 Å². The molecule has 1 N–H and O–H groups in total. The van der Waals surface area contributed by atoms with Crippen molar-refractivity contribution in [3.8, 4) is 5.75 Å².